The van der Waals surface area contributed by atoms with Crippen LogP contribution in [0.4, 0.5) is 0 Å². The van der Waals surface area contributed by atoms with Crippen LogP contribution in [0.1, 0.15) is 50.0 Å². The van der Waals surface area contributed by atoms with Gasteiger partial charge in [-0.15, -0.1) is 0 Å². The van der Waals surface area contributed by atoms with Crippen molar-refractivity contribution in [3.05, 3.63) is 67.1 Å². The Balaban J connectivity index is 1.76. The fraction of sp³-hybridized carbons (Fsp3) is 0.409. The molecule has 1 aliphatic rings. The normalized spacial score (nSPS) is 18.5. The maximum absolute atomic E-state index is 10.8. The Labute approximate surface area is 140 Å². The second kappa shape index (κ2) is 7.79. The van der Waals surface area contributed by atoms with Gasteiger partial charge in [-0.2, -0.15) is 0 Å². The van der Waals surface area contributed by atoms with Crippen LogP contribution in [-0.2, 0) is 0 Å². The third kappa shape index (κ3) is 3.84. The maximum atomic E-state index is 10.8. The average Bonchev–Trinajstić information content (AvgIpc) is 2.64. The third-order valence-corrected chi connectivity index (χ3v) is 5.30. The van der Waals surface area contributed by atoms with E-state index in [0.717, 1.165) is 6.42 Å². The fourth-order valence-corrected chi connectivity index (χ4v) is 3.89. The Bertz CT molecular complexity index is 581. The number of aliphatic hydroxyl groups excluding tert-OH is 1. The van der Waals surface area contributed by atoms with Crippen LogP contribution in [0.25, 0.3) is 11.1 Å². The van der Waals surface area contributed by atoms with E-state index < -0.39 is 0 Å². The molecule has 2 aromatic carbocycles. The summed E-state index contributed by atoms with van der Waals surface area (Å²) in [6.45, 7) is 4.10. The van der Waals surface area contributed by atoms with Gasteiger partial charge in [0.05, 0.1) is 6.10 Å². The molecule has 0 aliphatic heterocycles. The van der Waals surface area contributed by atoms with E-state index in [1.54, 1.807) is 0 Å². The van der Waals surface area contributed by atoms with Crippen molar-refractivity contribution in [2.75, 3.05) is 0 Å². The van der Waals surface area contributed by atoms with Gasteiger partial charge in [0, 0.05) is 5.92 Å². The largest absolute Gasteiger partial charge is 0.392 e. The first-order valence-corrected chi connectivity index (χ1v) is 8.92. The lowest BCUT2D eigenvalue weighted by Crippen LogP contribution is -2.29. The van der Waals surface area contributed by atoms with Crippen molar-refractivity contribution in [2.45, 2.75) is 50.5 Å². The SMILES string of the molecule is [CH2]CC(c1ccc(-c2ccccc2)cc1)C(O)C1CCCCC1. The molecule has 1 nitrogen and oxygen atoms in total. The van der Waals surface area contributed by atoms with Crippen LogP contribution in [-0.4, -0.2) is 11.2 Å². The highest BCUT2D eigenvalue weighted by Gasteiger charge is 2.28. The number of rotatable bonds is 5. The monoisotopic (exact) mass is 307 g/mol. The van der Waals surface area contributed by atoms with E-state index >= 15 is 0 Å². The van der Waals surface area contributed by atoms with Gasteiger partial charge < -0.3 is 5.11 Å². The molecule has 1 aliphatic carbocycles. The molecule has 2 unspecified atom stereocenters. The van der Waals surface area contributed by atoms with Gasteiger partial charge in [-0.25, -0.2) is 0 Å². The molecule has 0 bridgehead atoms. The zero-order chi connectivity index (χ0) is 16.1. The average molecular weight is 307 g/mol. The molecule has 1 N–H and O–H groups in total. The molecule has 2 aromatic rings. The molecular weight excluding hydrogens is 280 g/mol. The molecule has 1 heteroatoms. The Morgan fingerprint density at radius 2 is 1.48 bits per heavy atom. The first kappa shape index (κ1) is 16.3. The van der Waals surface area contributed by atoms with Gasteiger partial charge in [0.25, 0.3) is 0 Å². The number of aliphatic hydroxyl groups is 1. The summed E-state index contributed by atoms with van der Waals surface area (Å²) in [6, 6.07) is 19.1. The first-order chi connectivity index (χ1) is 11.3. The van der Waals surface area contributed by atoms with Gasteiger partial charge in [0.2, 0.25) is 0 Å². The smallest absolute Gasteiger partial charge is 0.0636 e. The van der Waals surface area contributed by atoms with E-state index in [0.29, 0.717) is 5.92 Å². The van der Waals surface area contributed by atoms with Crippen molar-refractivity contribution < 1.29 is 5.11 Å². The molecule has 1 fully saturated rings. The quantitative estimate of drug-likeness (QED) is 0.762. The van der Waals surface area contributed by atoms with Crippen LogP contribution in [0.2, 0.25) is 0 Å². The second-order valence-corrected chi connectivity index (χ2v) is 6.77. The molecular formula is C22H27O. The van der Waals surface area contributed by atoms with Crippen LogP contribution >= 0.6 is 0 Å². The van der Waals surface area contributed by atoms with Crippen molar-refractivity contribution >= 4 is 0 Å². The summed E-state index contributed by atoms with van der Waals surface area (Å²) >= 11 is 0. The van der Waals surface area contributed by atoms with E-state index in [1.165, 1.54) is 48.8 Å². The van der Waals surface area contributed by atoms with Crippen LogP contribution in [0.15, 0.2) is 54.6 Å². The number of hydrogen-bond donors (Lipinski definition) is 1. The molecule has 0 heterocycles. The lowest BCUT2D eigenvalue weighted by atomic mass is 9.77. The molecule has 1 radical (unpaired) electrons. The van der Waals surface area contributed by atoms with E-state index in [2.05, 4.69) is 55.5 Å². The lowest BCUT2D eigenvalue weighted by Gasteiger charge is -2.32. The topological polar surface area (TPSA) is 20.2 Å². The molecule has 1 saturated carbocycles. The van der Waals surface area contributed by atoms with Crippen molar-refractivity contribution in [1.29, 1.82) is 0 Å². The maximum Gasteiger partial charge on any atom is 0.0636 e. The predicted octanol–water partition coefficient (Wildman–Crippen LogP) is 5.60. The Morgan fingerprint density at radius 3 is 2.09 bits per heavy atom. The lowest BCUT2D eigenvalue weighted by molar-refractivity contribution is 0.0606. The van der Waals surface area contributed by atoms with Crippen LogP contribution in [0.5, 0.6) is 0 Å². The van der Waals surface area contributed by atoms with Gasteiger partial charge in [-0.3, -0.25) is 0 Å². The molecule has 0 amide bonds. The Hall–Kier alpha value is -1.60. The van der Waals surface area contributed by atoms with Gasteiger partial charge in [0.1, 0.15) is 0 Å². The molecule has 2 atom stereocenters. The zero-order valence-corrected chi connectivity index (χ0v) is 13.8. The molecule has 0 saturated heterocycles. The summed E-state index contributed by atoms with van der Waals surface area (Å²) in [4.78, 5) is 0. The highest BCUT2D eigenvalue weighted by Crippen LogP contribution is 2.35. The van der Waals surface area contributed by atoms with Gasteiger partial charge in [-0.1, -0.05) is 80.8 Å². The summed E-state index contributed by atoms with van der Waals surface area (Å²) < 4.78 is 0. The standard InChI is InChI=1S/C22H27O/c1-2-21(22(23)20-11-7-4-8-12-20)19-15-13-18(14-16-19)17-9-5-3-6-10-17/h3,5-6,9-10,13-16,20-23H,1-2,4,7-8,11-12H2. The number of benzene rings is 2. The van der Waals surface area contributed by atoms with Crippen molar-refractivity contribution in [1.82, 2.24) is 0 Å². The van der Waals surface area contributed by atoms with Crippen LogP contribution in [0.3, 0.4) is 0 Å². The molecule has 121 valence electrons. The van der Waals surface area contributed by atoms with E-state index in [9.17, 15) is 5.11 Å². The zero-order valence-electron chi connectivity index (χ0n) is 13.8. The molecule has 0 spiro atoms. The third-order valence-electron chi connectivity index (χ3n) is 5.30. The van der Waals surface area contributed by atoms with Gasteiger partial charge in [-0.05, 0) is 41.9 Å². The van der Waals surface area contributed by atoms with Gasteiger partial charge in [0.15, 0.2) is 0 Å². The van der Waals surface area contributed by atoms with Crippen LogP contribution in [0, 0.1) is 12.8 Å². The second-order valence-electron chi connectivity index (χ2n) is 6.77. The fourth-order valence-electron chi connectivity index (χ4n) is 3.89. The first-order valence-electron chi connectivity index (χ1n) is 8.92. The van der Waals surface area contributed by atoms with E-state index in [-0.39, 0.29) is 12.0 Å². The van der Waals surface area contributed by atoms with Crippen molar-refractivity contribution in [2.24, 2.45) is 5.92 Å². The summed E-state index contributed by atoms with van der Waals surface area (Å²) in [5, 5.41) is 10.8. The molecule has 0 aromatic heterocycles. The molecule has 3 rings (SSSR count). The summed E-state index contributed by atoms with van der Waals surface area (Å²) in [5.41, 5.74) is 3.68. The highest BCUT2D eigenvalue weighted by molar-refractivity contribution is 5.63. The summed E-state index contributed by atoms with van der Waals surface area (Å²) in [7, 11) is 0. The minimum Gasteiger partial charge on any atom is -0.392 e. The Kier molecular flexibility index (Phi) is 5.51. The Morgan fingerprint density at radius 1 is 0.870 bits per heavy atom. The van der Waals surface area contributed by atoms with Gasteiger partial charge >= 0.3 is 0 Å². The highest BCUT2D eigenvalue weighted by atomic mass is 16.3. The number of hydrogen-bond acceptors (Lipinski definition) is 1. The minimum atomic E-state index is -0.254. The summed E-state index contributed by atoms with van der Waals surface area (Å²) in [5.74, 6) is 0.604. The minimum absolute atomic E-state index is 0.155. The van der Waals surface area contributed by atoms with E-state index in [4.69, 9.17) is 0 Å². The van der Waals surface area contributed by atoms with Crippen molar-refractivity contribution in [3.8, 4) is 11.1 Å². The van der Waals surface area contributed by atoms with Crippen LogP contribution < -0.4 is 0 Å². The summed E-state index contributed by atoms with van der Waals surface area (Å²) in [6.07, 6.45) is 6.68. The molecule has 23 heavy (non-hydrogen) atoms. The predicted molar refractivity (Wildman–Crippen MR) is 97.2 cm³/mol. The van der Waals surface area contributed by atoms with E-state index in [1.807, 2.05) is 6.07 Å². The van der Waals surface area contributed by atoms with Crippen molar-refractivity contribution in [3.63, 3.8) is 0 Å².